The van der Waals surface area contributed by atoms with Crippen LogP contribution < -0.4 is 10.5 Å². The Hall–Kier alpha value is -0.730. The van der Waals surface area contributed by atoms with Gasteiger partial charge < -0.3 is 10.8 Å². The molecule has 0 radical (unpaired) electrons. The molecule has 1 rings (SSSR count). The zero-order valence-electron chi connectivity index (χ0n) is 11.4. The topological polar surface area (TPSA) is 105 Å². The van der Waals surface area contributed by atoms with Gasteiger partial charge >= 0.3 is 0 Å². The van der Waals surface area contributed by atoms with Crippen molar-refractivity contribution in [2.75, 3.05) is 6.54 Å². The van der Waals surface area contributed by atoms with E-state index in [0.29, 0.717) is 6.42 Å². The first kappa shape index (κ1) is 19.3. The Morgan fingerprint density at radius 2 is 2.15 bits per heavy atom. The number of unbranched alkanes of at least 4 members (excludes halogenated alkanes) is 1. The minimum atomic E-state index is -3.69. The van der Waals surface area contributed by atoms with Gasteiger partial charge in [0.05, 0.1) is 6.10 Å². The Kier molecular flexibility index (Phi) is 8.91. The number of sulfonamides is 1. The highest BCUT2D eigenvalue weighted by molar-refractivity contribution is 7.89. The van der Waals surface area contributed by atoms with E-state index in [9.17, 15) is 13.5 Å². The molecule has 0 saturated carbocycles. The Morgan fingerprint density at radius 3 is 2.70 bits per heavy atom. The van der Waals surface area contributed by atoms with Gasteiger partial charge in [-0.05, 0) is 18.6 Å². The number of hydrogen-bond acceptors (Lipinski definition) is 5. The van der Waals surface area contributed by atoms with Gasteiger partial charge in [0, 0.05) is 18.8 Å². The third kappa shape index (κ3) is 6.15. The summed E-state index contributed by atoms with van der Waals surface area (Å²) in [4.78, 5) is 3.76. The molecule has 0 fully saturated rings. The highest BCUT2D eigenvalue weighted by Gasteiger charge is 2.19. The molecule has 2 atom stereocenters. The summed E-state index contributed by atoms with van der Waals surface area (Å²) in [6.45, 7) is 1.92. The van der Waals surface area contributed by atoms with Crippen molar-refractivity contribution in [2.45, 2.75) is 43.4 Å². The molecule has 116 valence electrons. The summed E-state index contributed by atoms with van der Waals surface area (Å²) >= 11 is 0. The van der Waals surface area contributed by atoms with E-state index in [1.807, 2.05) is 6.92 Å². The van der Waals surface area contributed by atoms with Crippen LogP contribution in [0.15, 0.2) is 29.4 Å². The van der Waals surface area contributed by atoms with Crippen LogP contribution in [0.5, 0.6) is 0 Å². The summed E-state index contributed by atoms with van der Waals surface area (Å²) < 4.78 is 26.0. The molecule has 0 aliphatic rings. The average Bonchev–Trinajstić information content (AvgIpc) is 2.43. The molecule has 0 aliphatic heterocycles. The van der Waals surface area contributed by atoms with Crippen LogP contribution >= 0.6 is 12.4 Å². The van der Waals surface area contributed by atoms with E-state index in [1.54, 1.807) is 12.1 Å². The smallest absolute Gasteiger partial charge is 0.258 e. The van der Waals surface area contributed by atoms with Crippen LogP contribution in [0.3, 0.4) is 0 Å². The van der Waals surface area contributed by atoms with Gasteiger partial charge in [0.1, 0.15) is 0 Å². The van der Waals surface area contributed by atoms with Crippen LogP contribution in [0.2, 0.25) is 0 Å². The molecule has 20 heavy (non-hydrogen) atoms. The van der Waals surface area contributed by atoms with Gasteiger partial charge in [-0.1, -0.05) is 25.8 Å². The molecule has 0 spiro atoms. The number of rotatable bonds is 8. The lowest BCUT2D eigenvalue weighted by molar-refractivity contribution is 0.143. The van der Waals surface area contributed by atoms with Crippen molar-refractivity contribution in [3.05, 3.63) is 24.4 Å². The summed E-state index contributed by atoms with van der Waals surface area (Å²) in [5.74, 6) is 0. The van der Waals surface area contributed by atoms with Crippen molar-refractivity contribution in [3.63, 3.8) is 0 Å². The van der Waals surface area contributed by atoms with E-state index in [-0.39, 0.29) is 24.0 Å². The third-order valence-corrected chi connectivity index (χ3v) is 4.12. The Morgan fingerprint density at radius 1 is 1.45 bits per heavy atom. The fraction of sp³-hybridized carbons (Fsp3) is 0.583. The molecule has 0 aromatic carbocycles. The van der Waals surface area contributed by atoms with E-state index < -0.39 is 22.2 Å². The lowest BCUT2D eigenvalue weighted by Crippen LogP contribution is -2.43. The van der Waals surface area contributed by atoms with Crippen molar-refractivity contribution in [1.82, 2.24) is 9.71 Å². The van der Waals surface area contributed by atoms with Gasteiger partial charge in [-0.25, -0.2) is 18.1 Å². The molecule has 4 N–H and O–H groups in total. The van der Waals surface area contributed by atoms with E-state index in [2.05, 4.69) is 9.71 Å². The van der Waals surface area contributed by atoms with E-state index in [1.165, 1.54) is 12.3 Å². The second kappa shape index (κ2) is 9.25. The van der Waals surface area contributed by atoms with Crippen molar-refractivity contribution < 1.29 is 13.5 Å². The van der Waals surface area contributed by atoms with Crippen LogP contribution in [0.25, 0.3) is 0 Å². The van der Waals surface area contributed by atoms with Crippen LogP contribution in [-0.2, 0) is 10.0 Å². The molecule has 1 aromatic heterocycles. The predicted octanol–water partition coefficient (Wildman–Crippen LogP) is 0.660. The third-order valence-electron chi connectivity index (χ3n) is 2.78. The van der Waals surface area contributed by atoms with Crippen LogP contribution in [-0.4, -0.2) is 37.2 Å². The lowest BCUT2D eigenvalue weighted by Gasteiger charge is -2.18. The minimum Gasteiger partial charge on any atom is -0.390 e. The first-order valence-electron chi connectivity index (χ1n) is 6.31. The molecule has 1 aromatic rings. The number of nitrogens with zero attached hydrogens (tertiary/aromatic N) is 1. The van der Waals surface area contributed by atoms with Gasteiger partial charge in [0.25, 0.3) is 10.0 Å². The quantitative estimate of drug-likeness (QED) is 0.651. The molecular formula is C12H22ClN3O3S. The van der Waals surface area contributed by atoms with Crippen LogP contribution in [0.1, 0.15) is 26.2 Å². The average molecular weight is 324 g/mol. The zero-order chi connectivity index (χ0) is 14.3. The second-order valence-electron chi connectivity index (χ2n) is 4.39. The normalized spacial score (nSPS) is 14.3. The largest absolute Gasteiger partial charge is 0.390 e. The van der Waals surface area contributed by atoms with Crippen molar-refractivity contribution in [1.29, 1.82) is 0 Å². The molecule has 1 heterocycles. The lowest BCUT2D eigenvalue weighted by atomic mass is 10.1. The first-order valence-corrected chi connectivity index (χ1v) is 7.80. The number of halogens is 1. The minimum absolute atomic E-state index is 0. The van der Waals surface area contributed by atoms with Crippen molar-refractivity contribution in [2.24, 2.45) is 5.73 Å². The molecular weight excluding hydrogens is 302 g/mol. The second-order valence-corrected chi connectivity index (χ2v) is 6.11. The molecule has 8 heteroatoms. The standard InChI is InChI=1S/C12H21N3O3S.ClH/c1-2-3-6-10(13)11(16)9-15-19(17,18)12-7-4-5-8-14-12;/h4-5,7-8,10-11,15-16H,2-3,6,9,13H2,1H3;1H/t10-,11-;/m0./s1. The fourth-order valence-electron chi connectivity index (χ4n) is 1.56. The maximum atomic E-state index is 11.8. The molecule has 0 bridgehead atoms. The highest BCUT2D eigenvalue weighted by Crippen LogP contribution is 2.05. The zero-order valence-corrected chi connectivity index (χ0v) is 13.0. The summed E-state index contributed by atoms with van der Waals surface area (Å²) in [6.07, 6.45) is 3.07. The fourth-order valence-corrected chi connectivity index (χ4v) is 2.55. The first-order chi connectivity index (χ1) is 8.97. The SMILES string of the molecule is CCCC[C@H](N)[C@@H](O)CNS(=O)(=O)c1ccccn1.Cl. The van der Waals surface area contributed by atoms with Gasteiger partial charge in [-0.2, -0.15) is 0 Å². The Balaban J connectivity index is 0.00000361. The maximum absolute atomic E-state index is 11.8. The highest BCUT2D eigenvalue weighted by atomic mass is 35.5. The van der Waals surface area contributed by atoms with E-state index in [4.69, 9.17) is 5.73 Å². The van der Waals surface area contributed by atoms with E-state index in [0.717, 1.165) is 12.8 Å². The molecule has 0 saturated heterocycles. The van der Waals surface area contributed by atoms with Gasteiger partial charge in [-0.15, -0.1) is 12.4 Å². The Labute approximate surface area is 126 Å². The number of nitrogens with two attached hydrogens (primary N) is 1. The Bertz CT molecular complexity index is 470. The van der Waals surface area contributed by atoms with Gasteiger partial charge in [0.15, 0.2) is 5.03 Å². The number of nitrogens with one attached hydrogen (secondary N) is 1. The number of aliphatic hydroxyl groups excluding tert-OH is 1. The monoisotopic (exact) mass is 323 g/mol. The van der Waals surface area contributed by atoms with Gasteiger partial charge in [-0.3, -0.25) is 0 Å². The van der Waals surface area contributed by atoms with Crippen LogP contribution in [0.4, 0.5) is 0 Å². The molecule has 0 aliphatic carbocycles. The van der Waals surface area contributed by atoms with Crippen molar-refractivity contribution >= 4 is 22.4 Å². The number of hydrogen-bond donors (Lipinski definition) is 3. The molecule has 0 amide bonds. The molecule has 6 nitrogen and oxygen atoms in total. The number of pyridine rings is 1. The maximum Gasteiger partial charge on any atom is 0.258 e. The molecule has 0 unspecified atom stereocenters. The predicted molar refractivity (Wildman–Crippen MR) is 80.2 cm³/mol. The summed E-state index contributed by atoms with van der Waals surface area (Å²) in [5, 5.41) is 9.72. The van der Waals surface area contributed by atoms with Gasteiger partial charge in [0.2, 0.25) is 0 Å². The van der Waals surface area contributed by atoms with Crippen molar-refractivity contribution in [3.8, 4) is 0 Å². The van der Waals surface area contributed by atoms with Crippen LogP contribution in [0, 0.1) is 0 Å². The summed E-state index contributed by atoms with van der Waals surface area (Å²) in [5.41, 5.74) is 5.77. The summed E-state index contributed by atoms with van der Waals surface area (Å²) in [7, 11) is -3.69. The summed E-state index contributed by atoms with van der Waals surface area (Å²) in [6, 6.07) is 4.19. The number of aliphatic hydroxyl groups is 1. The van der Waals surface area contributed by atoms with E-state index >= 15 is 0 Å². The number of aromatic nitrogens is 1.